The third kappa shape index (κ3) is 6.24. The second kappa shape index (κ2) is 10.7. The zero-order valence-corrected chi connectivity index (χ0v) is 18.2. The summed E-state index contributed by atoms with van der Waals surface area (Å²) in [6.45, 7) is 0.283. The van der Waals surface area contributed by atoms with Gasteiger partial charge in [0.15, 0.2) is 0 Å². The maximum Gasteiger partial charge on any atom is 0.266 e. The summed E-state index contributed by atoms with van der Waals surface area (Å²) in [5.74, 6) is -0.245. The number of thioether (sulfide) groups is 1. The second-order valence-electron chi connectivity index (χ2n) is 6.59. The van der Waals surface area contributed by atoms with E-state index in [0.717, 1.165) is 10.4 Å². The van der Waals surface area contributed by atoms with Crippen LogP contribution in [0.1, 0.15) is 23.3 Å². The first-order valence-corrected chi connectivity index (χ1v) is 11.4. The molecule has 1 aromatic carbocycles. The molecule has 0 radical (unpaired) electrons. The third-order valence-electron chi connectivity index (χ3n) is 4.39. The minimum Gasteiger partial charge on any atom is -0.394 e. The molecule has 1 saturated heterocycles. The van der Waals surface area contributed by atoms with E-state index in [1.807, 2.05) is 53.9 Å². The Balaban J connectivity index is 1.46. The first-order valence-electron chi connectivity index (χ1n) is 9.30. The molecule has 0 saturated carbocycles. The first-order chi connectivity index (χ1) is 14.1. The van der Waals surface area contributed by atoms with E-state index >= 15 is 0 Å². The standard InChI is InChI=1S/C21H22N2O3S3/c24-14-16(12-15-6-2-1-3-7-15)22-19(25)9-4-10-23-20(26)18(29-21(23)27)13-17-8-5-11-28-17/h1-3,5-8,11,13,16,24H,4,9-10,12,14H2,(H,22,25)/b18-13-. The van der Waals surface area contributed by atoms with Crippen LogP contribution in [0, 0.1) is 0 Å². The number of carbonyl (C=O) groups excluding carboxylic acids is 2. The molecule has 1 unspecified atom stereocenters. The molecule has 2 amide bonds. The Morgan fingerprint density at radius 2 is 2.03 bits per heavy atom. The van der Waals surface area contributed by atoms with Crippen molar-refractivity contribution in [2.45, 2.75) is 25.3 Å². The predicted octanol–water partition coefficient (Wildman–Crippen LogP) is 3.45. The van der Waals surface area contributed by atoms with Crippen LogP contribution in [0.4, 0.5) is 0 Å². The molecular weight excluding hydrogens is 424 g/mol. The molecule has 1 atom stereocenters. The number of aliphatic hydroxyl groups is 1. The summed E-state index contributed by atoms with van der Waals surface area (Å²) >= 11 is 8.19. The largest absolute Gasteiger partial charge is 0.394 e. The number of nitrogens with one attached hydrogen (secondary N) is 1. The van der Waals surface area contributed by atoms with E-state index in [4.69, 9.17) is 12.2 Å². The molecule has 0 spiro atoms. The van der Waals surface area contributed by atoms with E-state index in [-0.39, 0.29) is 30.9 Å². The van der Waals surface area contributed by atoms with Gasteiger partial charge in [-0.25, -0.2) is 0 Å². The van der Waals surface area contributed by atoms with Crippen LogP contribution in [-0.2, 0) is 16.0 Å². The normalized spacial score (nSPS) is 16.4. The Morgan fingerprint density at radius 3 is 2.72 bits per heavy atom. The van der Waals surface area contributed by atoms with Crippen molar-refractivity contribution < 1.29 is 14.7 Å². The summed E-state index contributed by atoms with van der Waals surface area (Å²) in [4.78, 5) is 28.0. The number of amides is 2. The number of benzene rings is 1. The number of hydrogen-bond donors (Lipinski definition) is 2. The molecule has 29 heavy (non-hydrogen) atoms. The Labute approximate surface area is 183 Å². The van der Waals surface area contributed by atoms with Gasteiger partial charge in [0.1, 0.15) is 4.32 Å². The maximum atomic E-state index is 12.6. The minimum absolute atomic E-state index is 0.105. The zero-order valence-electron chi connectivity index (χ0n) is 15.7. The fraction of sp³-hybridized carbons (Fsp3) is 0.286. The Kier molecular flexibility index (Phi) is 8.00. The number of thiocarbonyl (C=S) groups is 1. The van der Waals surface area contributed by atoms with Gasteiger partial charge in [0.05, 0.1) is 17.6 Å². The van der Waals surface area contributed by atoms with Crippen LogP contribution in [0.15, 0.2) is 52.7 Å². The monoisotopic (exact) mass is 446 g/mol. The van der Waals surface area contributed by atoms with Crippen LogP contribution >= 0.6 is 35.3 Å². The number of aliphatic hydroxyl groups excluding tert-OH is 1. The summed E-state index contributed by atoms with van der Waals surface area (Å²) < 4.78 is 0.524. The highest BCUT2D eigenvalue weighted by molar-refractivity contribution is 8.26. The Morgan fingerprint density at radius 1 is 1.24 bits per heavy atom. The van der Waals surface area contributed by atoms with E-state index in [1.165, 1.54) is 11.8 Å². The number of carbonyl (C=O) groups is 2. The van der Waals surface area contributed by atoms with Crippen molar-refractivity contribution in [2.24, 2.45) is 0 Å². The van der Waals surface area contributed by atoms with E-state index in [9.17, 15) is 14.7 Å². The van der Waals surface area contributed by atoms with E-state index < -0.39 is 0 Å². The molecule has 1 aliphatic rings. The van der Waals surface area contributed by atoms with E-state index in [1.54, 1.807) is 16.2 Å². The lowest BCUT2D eigenvalue weighted by atomic mass is 10.1. The number of nitrogens with zero attached hydrogens (tertiary/aromatic N) is 1. The van der Waals surface area contributed by atoms with Crippen LogP contribution in [0.2, 0.25) is 0 Å². The smallest absolute Gasteiger partial charge is 0.266 e. The lowest BCUT2D eigenvalue weighted by molar-refractivity contribution is -0.124. The highest BCUT2D eigenvalue weighted by atomic mass is 32.2. The molecule has 3 rings (SSSR count). The van der Waals surface area contributed by atoms with Gasteiger partial charge in [0.2, 0.25) is 5.91 Å². The molecule has 8 heteroatoms. The van der Waals surface area contributed by atoms with Gasteiger partial charge in [0.25, 0.3) is 5.91 Å². The van der Waals surface area contributed by atoms with Gasteiger partial charge < -0.3 is 10.4 Å². The maximum absolute atomic E-state index is 12.6. The molecule has 5 nitrogen and oxygen atoms in total. The quantitative estimate of drug-likeness (QED) is 0.456. The predicted molar refractivity (Wildman–Crippen MR) is 123 cm³/mol. The Bertz CT molecular complexity index is 882. The fourth-order valence-electron chi connectivity index (χ4n) is 2.95. The van der Waals surface area contributed by atoms with Crippen molar-refractivity contribution in [1.29, 1.82) is 0 Å². The van der Waals surface area contributed by atoms with Crippen molar-refractivity contribution in [3.63, 3.8) is 0 Å². The first kappa shape index (κ1) is 21.7. The van der Waals surface area contributed by atoms with E-state index in [2.05, 4.69) is 5.32 Å². The van der Waals surface area contributed by atoms with Gasteiger partial charge in [-0.1, -0.05) is 60.4 Å². The highest BCUT2D eigenvalue weighted by Gasteiger charge is 2.31. The van der Waals surface area contributed by atoms with Crippen molar-refractivity contribution in [2.75, 3.05) is 13.2 Å². The fourth-order valence-corrected chi connectivity index (χ4v) is 4.98. The van der Waals surface area contributed by atoms with Crippen molar-refractivity contribution >= 4 is 57.5 Å². The molecule has 152 valence electrons. The molecule has 1 fully saturated rings. The van der Waals surface area contributed by atoms with Gasteiger partial charge in [-0.2, -0.15) is 0 Å². The van der Waals surface area contributed by atoms with Gasteiger partial charge in [-0.05, 0) is 35.9 Å². The topological polar surface area (TPSA) is 69.6 Å². The number of thiophene rings is 1. The average Bonchev–Trinajstić information content (AvgIpc) is 3.32. The molecule has 2 aromatic rings. The van der Waals surface area contributed by atoms with Gasteiger partial charge in [-0.15, -0.1) is 11.3 Å². The molecule has 1 aromatic heterocycles. The summed E-state index contributed by atoms with van der Waals surface area (Å²) in [6, 6.07) is 13.3. The number of hydrogen-bond acceptors (Lipinski definition) is 6. The van der Waals surface area contributed by atoms with Gasteiger partial charge >= 0.3 is 0 Å². The summed E-state index contributed by atoms with van der Waals surface area (Å²) in [5, 5.41) is 14.4. The Hall–Kier alpha value is -2.00. The molecule has 0 aliphatic carbocycles. The molecule has 2 N–H and O–H groups in total. The summed E-state index contributed by atoms with van der Waals surface area (Å²) in [7, 11) is 0. The van der Waals surface area contributed by atoms with Crippen molar-refractivity contribution in [1.82, 2.24) is 10.2 Å². The SMILES string of the molecule is O=C(CCCN1C(=O)/C(=C/c2cccs2)SC1=S)NC(CO)Cc1ccccc1. The molecule has 2 heterocycles. The van der Waals surface area contributed by atoms with Crippen molar-refractivity contribution in [3.8, 4) is 0 Å². The van der Waals surface area contributed by atoms with Gasteiger partial charge in [0, 0.05) is 17.8 Å². The molecular formula is C21H22N2O3S3. The highest BCUT2D eigenvalue weighted by Crippen LogP contribution is 2.33. The second-order valence-corrected chi connectivity index (χ2v) is 9.24. The lowest BCUT2D eigenvalue weighted by Gasteiger charge is -2.17. The van der Waals surface area contributed by atoms with Crippen LogP contribution in [0.3, 0.4) is 0 Å². The minimum atomic E-state index is -0.324. The third-order valence-corrected chi connectivity index (χ3v) is 6.58. The molecule has 0 bridgehead atoms. The van der Waals surface area contributed by atoms with Crippen molar-refractivity contribution in [3.05, 3.63) is 63.2 Å². The molecule has 1 aliphatic heterocycles. The number of rotatable bonds is 9. The summed E-state index contributed by atoms with van der Waals surface area (Å²) in [5.41, 5.74) is 1.06. The van der Waals surface area contributed by atoms with Gasteiger partial charge in [-0.3, -0.25) is 14.5 Å². The van der Waals surface area contributed by atoms with Crippen LogP contribution < -0.4 is 5.32 Å². The average molecular weight is 447 g/mol. The van der Waals surface area contributed by atoms with Crippen LogP contribution in [-0.4, -0.2) is 45.3 Å². The zero-order chi connectivity index (χ0) is 20.6. The lowest BCUT2D eigenvalue weighted by Crippen LogP contribution is -2.39. The van der Waals surface area contributed by atoms with Crippen LogP contribution in [0.5, 0.6) is 0 Å². The van der Waals surface area contributed by atoms with Crippen LogP contribution in [0.25, 0.3) is 6.08 Å². The summed E-state index contributed by atoms with van der Waals surface area (Å²) in [6.07, 6.45) is 3.21. The van der Waals surface area contributed by atoms with E-state index in [0.29, 0.717) is 28.6 Å².